The zero-order chi connectivity index (χ0) is 24.3. The van der Waals surface area contributed by atoms with Gasteiger partial charge in [-0.2, -0.15) is 4.31 Å². The van der Waals surface area contributed by atoms with Gasteiger partial charge in [0, 0.05) is 25.7 Å². The number of carbonyl (C=O) groups excluding carboxylic acids is 1. The fourth-order valence-electron chi connectivity index (χ4n) is 3.86. The van der Waals surface area contributed by atoms with Gasteiger partial charge < -0.3 is 23.9 Å². The number of hydrogen-bond donors (Lipinski definition) is 1. The number of carbonyl (C=O) groups is 1. The van der Waals surface area contributed by atoms with E-state index in [9.17, 15) is 18.3 Å². The number of phenolic OH excluding ortho intramolecular Hbond substituents is 1. The van der Waals surface area contributed by atoms with Crippen molar-refractivity contribution in [1.29, 1.82) is 0 Å². The third-order valence-corrected chi connectivity index (χ3v) is 7.51. The van der Waals surface area contributed by atoms with Crippen LogP contribution in [0.1, 0.15) is 29.5 Å². The Morgan fingerprint density at radius 2 is 1.94 bits per heavy atom. The van der Waals surface area contributed by atoms with Gasteiger partial charge in [0.2, 0.25) is 10.0 Å². The summed E-state index contributed by atoms with van der Waals surface area (Å²) in [5.41, 5.74) is 1.26. The normalized spacial score (nSPS) is 14.9. The first-order valence-electron chi connectivity index (χ1n) is 11.0. The van der Waals surface area contributed by atoms with E-state index in [1.165, 1.54) is 23.5 Å². The van der Waals surface area contributed by atoms with E-state index in [2.05, 4.69) is 4.98 Å². The van der Waals surface area contributed by atoms with E-state index in [4.69, 9.17) is 14.2 Å². The molecule has 0 aliphatic carbocycles. The van der Waals surface area contributed by atoms with Crippen molar-refractivity contribution in [3.8, 4) is 11.5 Å². The third kappa shape index (κ3) is 4.72. The average molecular weight is 490 g/mol. The number of fused-ring (bicyclic) bond motifs is 1. The number of phenols is 1. The molecule has 2 aromatic carbocycles. The molecule has 0 saturated carbocycles. The summed E-state index contributed by atoms with van der Waals surface area (Å²) in [4.78, 5) is 17.3. The summed E-state index contributed by atoms with van der Waals surface area (Å²) >= 11 is 0. The lowest BCUT2D eigenvalue weighted by Crippen LogP contribution is -2.40. The fourth-order valence-corrected chi connectivity index (χ4v) is 5.29. The molecule has 0 amide bonds. The van der Waals surface area contributed by atoms with Gasteiger partial charge in [0.15, 0.2) is 0 Å². The minimum absolute atomic E-state index is 0.0119. The standard InChI is InChI=1S/C23H27N3O7S/c1-3-8-26-20-7-5-17(34(29,30)25-9-11-32-12-10-25)14-19(20)24-22(26)15-33-23(28)18-6-4-16(31-2)13-21(18)27/h4-7,13-14,27H,3,8-12,15H2,1-2H3. The molecule has 1 N–H and O–H groups in total. The molecule has 0 spiro atoms. The maximum Gasteiger partial charge on any atom is 0.342 e. The first-order chi connectivity index (χ1) is 16.3. The van der Waals surface area contributed by atoms with Crippen LogP contribution in [0, 0.1) is 0 Å². The molecule has 0 unspecified atom stereocenters. The second kappa shape index (κ2) is 10.00. The van der Waals surface area contributed by atoms with Gasteiger partial charge in [-0.15, -0.1) is 0 Å². The summed E-state index contributed by atoms with van der Waals surface area (Å²) in [6.45, 7) is 3.84. The lowest BCUT2D eigenvalue weighted by atomic mass is 10.2. The smallest absolute Gasteiger partial charge is 0.342 e. The first kappa shape index (κ1) is 24.0. The van der Waals surface area contributed by atoms with Gasteiger partial charge in [-0.1, -0.05) is 6.92 Å². The van der Waals surface area contributed by atoms with Gasteiger partial charge in [0.25, 0.3) is 0 Å². The predicted molar refractivity (Wildman–Crippen MR) is 123 cm³/mol. The number of morpholine rings is 1. The molecule has 1 saturated heterocycles. The van der Waals surface area contributed by atoms with E-state index >= 15 is 0 Å². The van der Waals surface area contributed by atoms with Gasteiger partial charge in [-0.3, -0.25) is 0 Å². The number of aryl methyl sites for hydroxylation is 1. The summed E-state index contributed by atoms with van der Waals surface area (Å²) < 4.78 is 45.1. The zero-order valence-electron chi connectivity index (χ0n) is 19.1. The number of rotatable bonds is 8. The summed E-state index contributed by atoms with van der Waals surface area (Å²) in [6, 6.07) is 9.16. The molecule has 10 nitrogen and oxygen atoms in total. The molecular formula is C23H27N3O7S. The van der Waals surface area contributed by atoms with Crippen LogP contribution < -0.4 is 4.74 Å². The Labute approximate surface area is 197 Å². The van der Waals surface area contributed by atoms with Crippen LogP contribution in [-0.4, -0.2) is 66.8 Å². The second-order valence-electron chi connectivity index (χ2n) is 7.81. The summed E-state index contributed by atoms with van der Waals surface area (Å²) in [5.74, 6) is -0.0454. The number of ether oxygens (including phenoxy) is 3. The minimum atomic E-state index is -3.66. The van der Waals surface area contributed by atoms with Crippen molar-refractivity contribution in [2.45, 2.75) is 31.4 Å². The van der Waals surface area contributed by atoms with E-state index in [0.717, 1.165) is 11.9 Å². The molecule has 34 heavy (non-hydrogen) atoms. The van der Waals surface area contributed by atoms with Crippen LogP contribution in [-0.2, 0) is 32.6 Å². The lowest BCUT2D eigenvalue weighted by Gasteiger charge is -2.26. The molecule has 1 fully saturated rings. The highest BCUT2D eigenvalue weighted by Gasteiger charge is 2.27. The number of aromatic hydroxyl groups is 1. The van der Waals surface area contributed by atoms with E-state index in [0.29, 0.717) is 49.9 Å². The van der Waals surface area contributed by atoms with Crippen LogP contribution >= 0.6 is 0 Å². The SMILES string of the molecule is CCCn1c(COC(=O)c2ccc(OC)cc2O)nc2cc(S(=O)(=O)N3CCOCC3)ccc21. The van der Waals surface area contributed by atoms with E-state index in [-0.39, 0.29) is 22.8 Å². The summed E-state index contributed by atoms with van der Waals surface area (Å²) in [7, 11) is -2.20. The Balaban J connectivity index is 1.59. The quantitative estimate of drug-likeness (QED) is 0.480. The number of benzene rings is 2. The Kier molecular flexibility index (Phi) is 7.05. The number of aromatic nitrogens is 2. The van der Waals surface area contributed by atoms with Crippen LogP contribution in [0.3, 0.4) is 0 Å². The number of imidazole rings is 1. The number of esters is 1. The molecule has 4 rings (SSSR count). The second-order valence-corrected chi connectivity index (χ2v) is 9.74. The maximum atomic E-state index is 13.0. The summed E-state index contributed by atoms with van der Waals surface area (Å²) in [5, 5.41) is 10.1. The molecule has 0 atom stereocenters. The first-order valence-corrected chi connectivity index (χ1v) is 12.4. The number of nitrogens with zero attached hydrogens (tertiary/aromatic N) is 3. The van der Waals surface area contributed by atoms with Gasteiger partial charge in [-0.25, -0.2) is 18.2 Å². The Bertz CT molecular complexity index is 1300. The molecule has 1 aromatic heterocycles. The van der Waals surface area contributed by atoms with Crippen LogP contribution in [0.2, 0.25) is 0 Å². The van der Waals surface area contributed by atoms with Crippen molar-refractivity contribution in [2.24, 2.45) is 0 Å². The van der Waals surface area contributed by atoms with Gasteiger partial charge in [-0.05, 0) is 36.8 Å². The van der Waals surface area contributed by atoms with Gasteiger partial charge in [0.1, 0.15) is 29.5 Å². The molecule has 0 bridgehead atoms. The van der Waals surface area contributed by atoms with Crippen molar-refractivity contribution < 1.29 is 32.5 Å². The lowest BCUT2D eigenvalue weighted by molar-refractivity contribution is 0.0455. The Hall–Kier alpha value is -3.15. The zero-order valence-corrected chi connectivity index (χ0v) is 19.9. The van der Waals surface area contributed by atoms with Crippen LogP contribution in [0.4, 0.5) is 0 Å². The van der Waals surface area contributed by atoms with E-state index in [1.807, 2.05) is 11.5 Å². The Morgan fingerprint density at radius 1 is 1.18 bits per heavy atom. The van der Waals surface area contributed by atoms with Gasteiger partial charge in [0.05, 0.1) is 36.3 Å². The Morgan fingerprint density at radius 3 is 2.62 bits per heavy atom. The average Bonchev–Trinajstić information content (AvgIpc) is 3.19. The third-order valence-electron chi connectivity index (χ3n) is 5.61. The van der Waals surface area contributed by atoms with Crippen LogP contribution in [0.15, 0.2) is 41.3 Å². The summed E-state index contributed by atoms with van der Waals surface area (Å²) in [6.07, 6.45) is 0.805. The van der Waals surface area contributed by atoms with Crippen molar-refractivity contribution in [2.75, 3.05) is 33.4 Å². The largest absolute Gasteiger partial charge is 0.507 e. The van der Waals surface area contributed by atoms with Crippen molar-refractivity contribution >= 4 is 27.0 Å². The molecule has 0 radical (unpaired) electrons. The van der Waals surface area contributed by atoms with E-state index < -0.39 is 16.0 Å². The van der Waals surface area contributed by atoms with Gasteiger partial charge >= 0.3 is 5.97 Å². The number of sulfonamides is 1. The molecule has 1 aliphatic rings. The highest BCUT2D eigenvalue weighted by atomic mass is 32.2. The van der Waals surface area contributed by atoms with Crippen molar-refractivity contribution in [3.63, 3.8) is 0 Å². The predicted octanol–water partition coefficient (Wildman–Crippen LogP) is 2.54. The van der Waals surface area contributed by atoms with Crippen LogP contribution in [0.25, 0.3) is 11.0 Å². The van der Waals surface area contributed by atoms with Crippen LogP contribution in [0.5, 0.6) is 11.5 Å². The minimum Gasteiger partial charge on any atom is -0.507 e. The molecule has 1 aliphatic heterocycles. The number of hydrogen-bond acceptors (Lipinski definition) is 8. The topological polar surface area (TPSA) is 120 Å². The fraction of sp³-hybridized carbons (Fsp3) is 0.391. The number of methoxy groups -OCH3 is 1. The van der Waals surface area contributed by atoms with Crippen molar-refractivity contribution in [1.82, 2.24) is 13.9 Å². The molecular weight excluding hydrogens is 462 g/mol. The maximum absolute atomic E-state index is 13.0. The van der Waals surface area contributed by atoms with E-state index in [1.54, 1.807) is 24.3 Å². The monoisotopic (exact) mass is 489 g/mol. The molecule has 11 heteroatoms. The van der Waals surface area contributed by atoms with Crippen molar-refractivity contribution in [3.05, 3.63) is 47.8 Å². The molecule has 2 heterocycles. The molecule has 3 aromatic rings. The highest BCUT2D eigenvalue weighted by Crippen LogP contribution is 2.26. The molecule has 182 valence electrons. The highest BCUT2D eigenvalue weighted by molar-refractivity contribution is 7.89.